The van der Waals surface area contributed by atoms with Crippen molar-refractivity contribution in [2.45, 2.75) is 46.0 Å². The van der Waals surface area contributed by atoms with Gasteiger partial charge < -0.3 is 5.32 Å². The van der Waals surface area contributed by atoms with Gasteiger partial charge in [-0.1, -0.05) is 63.4 Å². The van der Waals surface area contributed by atoms with Crippen molar-refractivity contribution < 1.29 is 0 Å². The van der Waals surface area contributed by atoms with E-state index in [1.165, 1.54) is 37.7 Å². The number of hydrogen-bond acceptors (Lipinski definition) is 1. The predicted octanol–water partition coefficient (Wildman–Crippen LogP) is 4.04. The van der Waals surface area contributed by atoms with Crippen LogP contribution in [0, 0.1) is 5.92 Å². The van der Waals surface area contributed by atoms with Crippen molar-refractivity contribution in [2.75, 3.05) is 13.1 Å². The molecule has 0 fully saturated rings. The lowest BCUT2D eigenvalue weighted by Gasteiger charge is -2.17. The van der Waals surface area contributed by atoms with Gasteiger partial charge in [0.25, 0.3) is 0 Å². The molecule has 0 spiro atoms. The standard InChI is InChI=1S/C16H27N/c1-3-5-7-12-16(14-17-4-2)13-15-10-8-6-9-11-15/h6,8-11,16-17H,3-5,7,12-14H2,1-2H3. The lowest BCUT2D eigenvalue weighted by Crippen LogP contribution is -2.24. The zero-order valence-electron chi connectivity index (χ0n) is 11.4. The molecule has 0 radical (unpaired) electrons. The lowest BCUT2D eigenvalue weighted by atomic mass is 9.93. The largest absolute Gasteiger partial charge is 0.317 e. The van der Waals surface area contributed by atoms with Gasteiger partial charge in [0.05, 0.1) is 0 Å². The Morgan fingerprint density at radius 2 is 1.82 bits per heavy atom. The minimum absolute atomic E-state index is 0.795. The zero-order valence-corrected chi connectivity index (χ0v) is 11.4. The molecule has 0 aliphatic heterocycles. The minimum atomic E-state index is 0.795. The fourth-order valence-corrected chi connectivity index (χ4v) is 2.26. The minimum Gasteiger partial charge on any atom is -0.317 e. The molecule has 1 N–H and O–H groups in total. The summed E-state index contributed by atoms with van der Waals surface area (Å²) in [5.74, 6) is 0.795. The SMILES string of the molecule is CCCCCC(CNCC)Cc1ccccc1. The van der Waals surface area contributed by atoms with Crippen LogP contribution in [-0.4, -0.2) is 13.1 Å². The molecule has 0 bridgehead atoms. The molecule has 96 valence electrons. The second-order valence-corrected chi connectivity index (χ2v) is 4.86. The average Bonchev–Trinajstić information content (AvgIpc) is 2.37. The van der Waals surface area contributed by atoms with Crippen LogP contribution in [0.4, 0.5) is 0 Å². The van der Waals surface area contributed by atoms with E-state index in [1.54, 1.807) is 0 Å². The second-order valence-electron chi connectivity index (χ2n) is 4.86. The summed E-state index contributed by atoms with van der Waals surface area (Å²) in [6.07, 6.45) is 6.64. The topological polar surface area (TPSA) is 12.0 Å². The van der Waals surface area contributed by atoms with Crippen LogP contribution in [0.3, 0.4) is 0 Å². The Morgan fingerprint density at radius 1 is 1.06 bits per heavy atom. The Labute approximate surface area is 107 Å². The summed E-state index contributed by atoms with van der Waals surface area (Å²) in [5, 5.41) is 3.50. The molecule has 0 aromatic heterocycles. The van der Waals surface area contributed by atoms with Crippen molar-refractivity contribution in [1.82, 2.24) is 5.32 Å². The first kappa shape index (κ1) is 14.2. The molecular formula is C16H27N. The third-order valence-corrected chi connectivity index (χ3v) is 3.27. The molecule has 0 saturated heterocycles. The van der Waals surface area contributed by atoms with Gasteiger partial charge in [-0.15, -0.1) is 0 Å². The van der Waals surface area contributed by atoms with E-state index in [-0.39, 0.29) is 0 Å². The molecule has 1 atom stereocenters. The maximum absolute atomic E-state index is 3.50. The van der Waals surface area contributed by atoms with E-state index >= 15 is 0 Å². The van der Waals surface area contributed by atoms with Gasteiger partial charge >= 0.3 is 0 Å². The van der Waals surface area contributed by atoms with Gasteiger partial charge in [-0.3, -0.25) is 0 Å². The van der Waals surface area contributed by atoms with E-state index in [1.807, 2.05) is 0 Å². The molecule has 17 heavy (non-hydrogen) atoms. The lowest BCUT2D eigenvalue weighted by molar-refractivity contribution is 0.428. The van der Waals surface area contributed by atoms with E-state index in [0.29, 0.717) is 0 Å². The van der Waals surface area contributed by atoms with E-state index in [4.69, 9.17) is 0 Å². The maximum Gasteiger partial charge on any atom is -0.00175 e. The molecule has 0 aliphatic carbocycles. The summed E-state index contributed by atoms with van der Waals surface area (Å²) in [6, 6.07) is 10.9. The molecule has 1 unspecified atom stereocenters. The van der Waals surface area contributed by atoms with Gasteiger partial charge in [-0.25, -0.2) is 0 Å². The fraction of sp³-hybridized carbons (Fsp3) is 0.625. The fourth-order valence-electron chi connectivity index (χ4n) is 2.26. The first-order chi connectivity index (χ1) is 8.36. The van der Waals surface area contributed by atoms with Crippen molar-refractivity contribution in [3.63, 3.8) is 0 Å². The molecule has 1 heteroatoms. The number of benzene rings is 1. The third kappa shape index (κ3) is 6.48. The quantitative estimate of drug-likeness (QED) is 0.635. The Bertz CT molecular complexity index is 268. The Hall–Kier alpha value is -0.820. The van der Waals surface area contributed by atoms with E-state index in [9.17, 15) is 0 Å². The van der Waals surface area contributed by atoms with Crippen LogP contribution in [-0.2, 0) is 6.42 Å². The Balaban J connectivity index is 2.39. The summed E-state index contributed by atoms with van der Waals surface area (Å²) in [6.45, 7) is 6.70. The van der Waals surface area contributed by atoms with E-state index in [0.717, 1.165) is 19.0 Å². The van der Waals surface area contributed by atoms with E-state index < -0.39 is 0 Å². The van der Waals surface area contributed by atoms with Gasteiger partial charge in [0.1, 0.15) is 0 Å². The predicted molar refractivity (Wildman–Crippen MR) is 76.3 cm³/mol. The molecule has 1 aromatic rings. The summed E-state index contributed by atoms with van der Waals surface area (Å²) in [7, 11) is 0. The summed E-state index contributed by atoms with van der Waals surface area (Å²) in [5.41, 5.74) is 1.48. The molecule has 1 rings (SSSR count). The highest BCUT2D eigenvalue weighted by Crippen LogP contribution is 2.15. The Morgan fingerprint density at radius 3 is 2.47 bits per heavy atom. The molecular weight excluding hydrogens is 206 g/mol. The number of nitrogens with one attached hydrogen (secondary N) is 1. The summed E-state index contributed by atoms with van der Waals surface area (Å²) >= 11 is 0. The highest BCUT2D eigenvalue weighted by Gasteiger charge is 2.08. The average molecular weight is 233 g/mol. The van der Waals surface area contributed by atoms with Crippen LogP contribution in [0.2, 0.25) is 0 Å². The van der Waals surface area contributed by atoms with Crippen LogP contribution in [0.1, 0.15) is 45.1 Å². The summed E-state index contributed by atoms with van der Waals surface area (Å²) in [4.78, 5) is 0. The van der Waals surface area contributed by atoms with Crippen LogP contribution in [0.5, 0.6) is 0 Å². The van der Waals surface area contributed by atoms with Gasteiger partial charge in [-0.05, 0) is 37.4 Å². The molecule has 0 amide bonds. The molecule has 0 heterocycles. The molecule has 0 aliphatic rings. The molecule has 0 saturated carbocycles. The molecule has 1 aromatic carbocycles. The number of unbranched alkanes of at least 4 members (excludes halogenated alkanes) is 2. The van der Waals surface area contributed by atoms with Crippen molar-refractivity contribution in [3.8, 4) is 0 Å². The monoisotopic (exact) mass is 233 g/mol. The van der Waals surface area contributed by atoms with Crippen molar-refractivity contribution >= 4 is 0 Å². The Kier molecular flexibility index (Phi) is 7.74. The smallest absolute Gasteiger partial charge is 0.00175 e. The van der Waals surface area contributed by atoms with E-state index in [2.05, 4.69) is 49.5 Å². The third-order valence-electron chi connectivity index (χ3n) is 3.27. The van der Waals surface area contributed by atoms with Gasteiger partial charge in [-0.2, -0.15) is 0 Å². The highest BCUT2D eigenvalue weighted by atomic mass is 14.8. The van der Waals surface area contributed by atoms with Gasteiger partial charge in [0.2, 0.25) is 0 Å². The molecule has 1 nitrogen and oxygen atoms in total. The first-order valence-corrected chi connectivity index (χ1v) is 7.11. The van der Waals surface area contributed by atoms with Crippen molar-refractivity contribution in [3.05, 3.63) is 35.9 Å². The second kappa shape index (κ2) is 9.23. The number of hydrogen-bond donors (Lipinski definition) is 1. The van der Waals surface area contributed by atoms with Gasteiger partial charge in [0, 0.05) is 0 Å². The van der Waals surface area contributed by atoms with Crippen molar-refractivity contribution in [2.24, 2.45) is 5.92 Å². The first-order valence-electron chi connectivity index (χ1n) is 7.11. The zero-order chi connectivity index (χ0) is 12.3. The van der Waals surface area contributed by atoms with Crippen LogP contribution in [0.25, 0.3) is 0 Å². The van der Waals surface area contributed by atoms with Crippen LogP contribution >= 0.6 is 0 Å². The number of rotatable bonds is 9. The van der Waals surface area contributed by atoms with Crippen molar-refractivity contribution in [1.29, 1.82) is 0 Å². The normalized spacial score (nSPS) is 12.6. The maximum atomic E-state index is 3.50. The van der Waals surface area contributed by atoms with Crippen LogP contribution < -0.4 is 5.32 Å². The highest BCUT2D eigenvalue weighted by molar-refractivity contribution is 5.15. The van der Waals surface area contributed by atoms with Crippen LogP contribution in [0.15, 0.2) is 30.3 Å². The van der Waals surface area contributed by atoms with Gasteiger partial charge in [0.15, 0.2) is 0 Å². The summed E-state index contributed by atoms with van der Waals surface area (Å²) < 4.78 is 0.